The molecule has 5 heteroatoms. The zero-order chi connectivity index (χ0) is 37.8. The smallest absolute Gasteiger partial charge is 0.306 e. The van der Waals surface area contributed by atoms with Crippen molar-refractivity contribution in [2.24, 2.45) is 0 Å². The van der Waals surface area contributed by atoms with Gasteiger partial charge >= 0.3 is 11.9 Å². The first kappa shape index (κ1) is 50.9. The van der Waals surface area contributed by atoms with Crippen LogP contribution in [0, 0.1) is 0 Å². The Kier molecular flexibility index (Phi) is 43.4. The largest absolute Gasteiger partial charge is 0.462 e. The van der Waals surface area contributed by atoms with E-state index < -0.39 is 6.10 Å². The zero-order valence-electron chi connectivity index (χ0n) is 35.4. The van der Waals surface area contributed by atoms with Crippen LogP contribution >= 0.6 is 0 Å². The highest BCUT2D eigenvalue weighted by Gasteiger charge is 2.16. The molecule has 0 bridgehead atoms. The highest BCUT2D eigenvalue weighted by Crippen LogP contribution is 2.17. The molecule has 310 valence electrons. The van der Waals surface area contributed by atoms with Crippen molar-refractivity contribution in [3.63, 3.8) is 0 Å². The zero-order valence-corrected chi connectivity index (χ0v) is 35.4. The fourth-order valence-corrected chi connectivity index (χ4v) is 7.32. The normalized spacial score (nSPS) is 12.0. The fourth-order valence-electron chi connectivity index (χ4n) is 7.32. The molecular weight excluding hydrogens is 645 g/mol. The number of unbranched alkanes of at least 4 members (excludes halogenated alkanes) is 36. The molecule has 1 N–H and O–H groups in total. The van der Waals surface area contributed by atoms with Crippen LogP contribution in [0.1, 0.15) is 271 Å². The van der Waals surface area contributed by atoms with Gasteiger partial charge < -0.3 is 14.6 Å². The standard InChI is InChI=1S/C47H92O5/c1-3-5-7-9-11-13-15-17-19-21-23-24-26-27-29-31-33-35-37-39-41-46(49)51-44-45(43-48)52-47(50)42-40-38-36-34-32-30-28-25-22-20-18-16-14-12-10-8-6-4-2/h45,48H,3-44H2,1-2H3/t45-/m0/s1. The summed E-state index contributed by atoms with van der Waals surface area (Å²) in [7, 11) is 0. The van der Waals surface area contributed by atoms with E-state index in [2.05, 4.69) is 13.8 Å². The van der Waals surface area contributed by atoms with E-state index in [1.165, 1.54) is 212 Å². The molecule has 0 radical (unpaired) electrons. The van der Waals surface area contributed by atoms with Gasteiger partial charge in [-0.3, -0.25) is 9.59 Å². The topological polar surface area (TPSA) is 72.8 Å². The Hall–Kier alpha value is -1.10. The van der Waals surface area contributed by atoms with Crippen LogP contribution in [0.2, 0.25) is 0 Å². The molecule has 0 aromatic carbocycles. The van der Waals surface area contributed by atoms with Crippen LogP contribution < -0.4 is 0 Å². The molecule has 1 atom stereocenters. The summed E-state index contributed by atoms with van der Waals surface area (Å²) in [4.78, 5) is 24.4. The number of rotatable bonds is 44. The summed E-state index contributed by atoms with van der Waals surface area (Å²) >= 11 is 0. The number of hydrogen-bond donors (Lipinski definition) is 1. The highest BCUT2D eigenvalue weighted by molar-refractivity contribution is 5.70. The van der Waals surface area contributed by atoms with Gasteiger partial charge in [0, 0.05) is 12.8 Å². The fraction of sp³-hybridized carbons (Fsp3) is 0.957. The van der Waals surface area contributed by atoms with Gasteiger partial charge in [-0.15, -0.1) is 0 Å². The average molecular weight is 737 g/mol. The Bertz CT molecular complexity index is 710. The monoisotopic (exact) mass is 737 g/mol. The van der Waals surface area contributed by atoms with E-state index >= 15 is 0 Å². The lowest BCUT2D eigenvalue weighted by Crippen LogP contribution is -2.28. The second-order valence-corrected chi connectivity index (χ2v) is 16.2. The number of carbonyl (C=O) groups excluding carboxylic acids is 2. The number of aliphatic hydroxyl groups excluding tert-OH is 1. The van der Waals surface area contributed by atoms with Gasteiger partial charge in [0.25, 0.3) is 0 Å². The van der Waals surface area contributed by atoms with Crippen LogP contribution in [0.4, 0.5) is 0 Å². The van der Waals surface area contributed by atoms with Gasteiger partial charge in [0.2, 0.25) is 0 Å². The molecule has 0 rings (SSSR count). The number of hydrogen-bond acceptors (Lipinski definition) is 5. The van der Waals surface area contributed by atoms with Crippen molar-refractivity contribution >= 4 is 11.9 Å². The van der Waals surface area contributed by atoms with Crippen molar-refractivity contribution < 1.29 is 24.2 Å². The highest BCUT2D eigenvalue weighted by atomic mass is 16.6. The number of carbonyl (C=O) groups is 2. The van der Waals surface area contributed by atoms with E-state index in [-0.39, 0.29) is 25.2 Å². The Morgan fingerprint density at radius 3 is 0.846 bits per heavy atom. The predicted molar refractivity (Wildman–Crippen MR) is 224 cm³/mol. The van der Waals surface area contributed by atoms with Gasteiger partial charge in [0.15, 0.2) is 6.10 Å². The maximum absolute atomic E-state index is 12.2. The van der Waals surface area contributed by atoms with E-state index in [1.54, 1.807) is 0 Å². The Balaban J connectivity index is 3.44. The minimum Gasteiger partial charge on any atom is -0.462 e. The quantitative estimate of drug-likeness (QED) is 0.0498. The van der Waals surface area contributed by atoms with Gasteiger partial charge in [-0.1, -0.05) is 245 Å². The molecule has 5 nitrogen and oxygen atoms in total. The van der Waals surface area contributed by atoms with E-state index in [0.29, 0.717) is 12.8 Å². The molecule has 0 aromatic rings. The molecule has 0 aromatic heterocycles. The lowest BCUT2D eigenvalue weighted by molar-refractivity contribution is -0.161. The van der Waals surface area contributed by atoms with Crippen molar-refractivity contribution in [2.45, 2.75) is 277 Å². The Labute approximate surface area is 325 Å². The van der Waals surface area contributed by atoms with Gasteiger partial charge in [-0.2, -0.15) is 0 Å². The predicted octanol–water partition coefficient (Wildman–Crippen LogP) is 15.1. The van der Waals surface area contributed by atoms with Crippen molar-refractivity contribution in [1.29, 1.82) is 0 Å². The summed E-state index contributed by atoms with van der Waals surface area (Å²) in [5.74, 6) is -0.568. The third-order valence-electron chi connectivity index (χ3n) is 10.9. The maximum atomic E-state index is 12.2. The minimum absolute atomic E-state index is 0.0562. The molecule has 52 heavy (non-hydrogen) atoms. The molecule has 0 unspecified atom stereocenters. The molecule has 0 fully saturated rings. The third kappa shape index (κ3) is 41.7. The average Bonchev–Trinajstić information content (AvgIpc) is 3.15. The van der Waals surface area contributed by atoms with Crippen LogP contribution in [-0.4, -0.2) is 36.4 Å². The summed E-state index contributed by atoms with van der Waals surface area (Å²) in [6, 6.07) is 0. The second kappa shape index (κ2) is 44.3. The summed E-state index contributed by atoms with van der Waals surface area (Å²) < 4.78 is 10.7. The molecule has 0 aliphatic heterocycles. The molecule has 0 saturated carbocycles. The first-order valence-corrected chi connectivity index (χ1v) is 23.6. The first-order chi connectivity index (χ1) is 25.6. The van der Waals surface area contributed by atoms with Crippen LogP contribution in [0.3, 0.4) is 0 Å². The second-order valence-electron chi connectivity index (χ2n) is 16.2. The number of aliphatic hydroxyl groups is 1. The van der Waals surface area contributed by atoms with Crippen LogP contribution in [0.15, 0.2) is 0 Å². The van der Waals surface area contributed by atoms with Crippen molar-refractivity contribution in [3.05, 3.63) is 0 Å². The van der Waals surface area contributed by atoms with E-state index in [1.807, 2.05) is 0 Å². The third-order valence-corrected chi connectivity index (χ3v) is 10.9. The van der Waals surface area contributed by atoms with Gasteiger partial charge in [0.1, 0.15) is 6.61 Å². The summed E-state index contributed by atoms with van der Waals surface area (Å²) in [5.41, 5.74) is 0. The summed E-state index contributed by atoms with van der Waals surface area (Å²) in [5, 5.41) is 9.60. The van der Waals surface area contributed by atoms with E-state index in [0.717, 1.165) is 32.1 Å². The van der Waals surface area contributed by atoms with Crippen molar-refractivity contribution in [1.82, 2.24) is 0 Å². The van der Waals surface area contributed by atoms with Gasteiger partial charge in [-0.05, 0) is 12.8 Å². The maximum Gasteiger partial charge on any atom is 0.306 e. The van der Waals surface area contributed by atoms with Crippen LogP contribution in [0.25, 0.3) is 0 Å². The SMILES string of the molecule is CCCCCCCCCCCCCCCCCCCCCCC(=O)OC[C@H](CO)OC(=O)CCCCCCCCCCCCCCCCCCCC. The number of esters is 2. The van der Waals surface area contributed by atoms with Crippen LogP contribution in [0.5, 0.6) is 0 Å². The minimum atomic E-state index is -0.762. The molecule has 0 saturated heterocycles. The summed E-state index contributed by atoms with van der Waals surface area (Å²) in [6.07, 6.45) is 50.4. The van der Waals surface area contributed by atoms with Gasteiger partial charge in [-0.25, -0.2) is 0 Å². The molecule has 0 spiro atoms. The number of ether oxygens (including phenoxy) is 2. The molecule has 0 heterocycles. The van der Waals surface area contributed by atoms with Crippen LogP contribution in [-0.2, 0) is 19.1 Å². The molecular formula is C47H92O5. The lowest BCUT2D eigenvalue weighted by Gasteiger charge is -2.15. The molecule has 0 aliphatic rings. The van der Waals surface area contributed by atoms with Crippen molar-refractivity contribution in [2.75, 3.05) is 13.2 Å². The molecule has 0 aliphatic carbocycles. The Morgan fingerprint density at radius 1 is 0.365 bits per heavy atom. The van der Waals surface area contributed by atoms with Crippen molar-refractivity contribution in [3.8, 4) is 0 Å². The van der Waals surface area contributed by atoms with E-state index in [4.69, 9.17) is 9.47 Å². The summed E-state index contributed by atoms with van der Waals surface area (Å²) in [6.45, 7) is 4.19. The van der Waals surface area contributed by atoms with Gasteiger partial charge in [0.05, 0.1) is 6.61 Å². The lowest BCUT2D eigenvalue weighted by atomic mass is 10.0. The first-order valence-electron chi connectivity index (χ1n) is 23.6. The van der Waals surface area contributed by atoms with E-state index in [9.17, 15) is 14.7 Å². The Morgan fingerprint density at radius 2 is 0.596 bits per heavy atom. The molecule has 0 amide bonds.